The summed E-state index contributed by atoms with van der Waals surface area (Å²) < 4.78 is 2.42. The standard InChI is InChI=1S/C23H34N4O/c1-17(2)27-21-11-5-4-10-20(21)24-23(27)19-9-7-13-25(16-19)15-12-22(28)26-14-6-8-18(26)3/h4-5,10-11,17-19H,6-9,12-16H2,1-3H3/t18-,19-/m1/s1. The summed E-state index contributed by atoms with van der Waals surface area (Å²) in [6.45, 7) is 10.6. The molecule has 4 rings (SSSR count). The molecular weight excluding hydrogens is 348 g/mol. The highest BCUT2D eigenvalue weighted by Crippen LogP contribution is 2.31. The Bertz CT molecular complexity index is 827. The fourth-order valence-electron chi connectivity index (χ4n) is 5.06. The van der Waals surface area contributed by atoms with E-state index in [0.717, 1.165) is 44.5 Å². The monoisotopic (exact) mass is 382 g/mol. The van der Waals surface area contributed by atoms with Crippen LogP contribution in [-0.4, -0.2) is 57.5 Å². The normalized spacial score (nSPS) is 23.8. The number of fused-ring (bicyclic) bond motifs is 1. The fraction of sp³-hybridized carbons (Fsp3) is 0.652. The van der Waals surface area contributed by atoms with Gasteiger partial charge in [0.1, 0.15) is 5.82 Å². The zero-order valence-electron chi connectivity index (χ0n) is 17.6. The first kappa shape index (κ1) is 19.4. The molecule has 2 aliphatic heterocycles. The van der Waals surface area contributed by atoms with Gasteiger partial charge in [-0.3, -0.25) is 4.79 Å². The van der Waals surface area contributed by atoms with Gasteiger partial charge in [-0.25, -0.2) is 4.98 Å². The Morgan fingerprint density at radius 1 is 1.18 bits per heavy atom. The third-order valence-corrected chi connectivity index (χ3v) is 6.53. The molecule has 5 heteroatoms. The first-order valence-electron chi connectivity index (χ1n) is 11.0. The number of rotatable bonds is 5. The number of para-hydroxylation sites is 2. The van der Waals surface area contributed by atoms with Crippen LogP contribution in [0.4, 0.5) is 0 Å². The lowest BCUT2D eigenvalue weighted by Crippen LogP contribution is -2.40. The molecule has 1 aromatic carbocycles. The van der Waals surface area contributed by atoms with Crippen LogP contribution in [0.5, 0.6) is 0 Å². The van der Waals surface area contributed by atoms with Crippen molar-refractivity contribution in [1.82, 2.24) is 19.4 Å². The quantitative estimate of drug-likeness (QED) is 0.778. The van der Waals surface area contributed by atoms with Crippen LogP contribution in [0.1, 0.15) is 70.7 Å². The third kappa shape index (κ3) is 3.82. The van der Waals surface area contributed by atoms with E-state index in [2.05, 4.69) is 59.4 Å². The second-order valence-electron chi connectivity index (χ2n) is 8.89. The Labute approximate surface area is 168 Å². The molecule has 2 fully saturated rings. The van der Waals surface area contributed by atoms with Crippen LogP contribution in [-0.2, 0) is 4.79 Å². The van der Waals surface area contributed by atoms with Crippen LogP contribution in [0.2, 0.25) is 0 Å². The van der Waals surface area contributed by atoms with Gasteiger partial charge in [-0.1, -0.05) is 12.1 Å². The number of carbonyl (C=O) groups is 1. The maximum Gasteiger partial charge on any atom is 0.224 e. The Morgan fingerprint density at radius 3 is 2.71 bits per heavy atom. The molecular formula is C23H34N4O. The summed E-state index contributed by atoms with van der Waals surface area (Å²) in [5.41, 5.74) is 2.34. The van der Waals surface area contributed by atoms with Crippen molar-refractivity contribution < 1.29 is 4.79 Å². The molecule has 0 radical (unpaired) electrons. The minimum atomic E-state index is 0.335. The highest BCUT2D eigenvalue weighted by molar-refractivity contribution is 5.77. The highest BCUT2D eigenvalue weighted by Gasteiger charge is 2.29. The van der Waals surface area contributed by atoms with Gasteiger partial charge in [-0.2, -0.15) is 0 Å². The topological polar surface area (TPSA) is 41.4 Å². The van der Waals surface area contributed by atoms with Gasteiger partial charge >= 0.3 is 0 Å². The van der Waals surface area contributed by atoms with Crippen molar-refractivity contribution in [2.24, 2.45) is 0 Å². The Kier molecular flexibility index (Phi) is 5.72. The Balaban J connectivity index is 1.45. The summed E-state index contributed by atoms with van der Waals surface area (Å²) in [6.07, 6.45) is 5.33. The SMILES string of the molecule is CC(C)n1c([C@@H]2CCCN(CCC(=O)N3CCC[C@H]3C)C2)nc2ccccc21. The maximum atomic E-state index is 12.6. The zero-order chi connectivity index (χ0) is 19.7. The van der Waals surface area contributed by atoms with Gasteiger partial charge in [-0.05, 0) is 65.1 Å². The minimum Gasteiger partial charge on any atom is -0.340 e. The molecule has 5 nitrogen and oxygen atoms in total. The van der Waals surface area contributed by atoms with Crippen molar-refractivity contribution in [2.45, 2.75) is 70.9 Å². The molecule has 2 saturated heterocycles. The molecule has 152 valence electrons. The van der Waals surface area contributed by atoms with E-state index >= 15 is 0 Å². The molecule has 1 amide bonds. The lowest BCUT2D eigenvalue weighted by Gasteiger charge is -2.33. The summed E-state index contributed by atoms with van der Waals surface area (Å²) in [4.78, 5) is 22.2. The van der Waals surface area contributed by atoms with E-state index in [1.165, 1.54) is 24.2 Å². The Hall–Kier alpha value is -1.88. The van der Waals surface area contributed by atoms with E-state index in [9.17, 15) is 4.79 Å². The molecule has 0 N–H and O–H groups in total. The summed E-state index contributed by atoms with van der Waals surface area (Å²) >= 11 is 0. The largest absolute Gasteiger partial charge is 0.340 e. The summed E-state index contributed by atoms with van der Waals surface area (Å²) in [7, 11) is 0. The second kappa shape index (κ2) is 8.24. The predicted octanol–water partition coefficient (Wildman–Crippen LogP) is 4.20. The average molecular weight is 383 g/mol. The van der Waals surface area contributed by atoms with Crippen LogP contribution >= 0.6 is 0 Å². The van der Waals surface area contributed by atoms with E-state index in [0.29, 0.717) is 30.3 Å². The van der Waals surface area contributed by atoms with Crippen LogP contribution in [0, 0.1) is 0 Å². The summed E-state index contributed by atoms with van der Waals surface area (Å²) in [6, 6.07) is 9.30. The molecule has 0 aliphatic carbocycles. The smallest absolute Gasteiger partial charge is 0.224 e. The molecule has 3 heterocycles. The number of amides is 1. The number of hydrogen-bond donors (Lipinski definition) is 0. The van der Waals surface area contributed by atoms with E-state index in [1.54, 1.807) is 0 Å². The van der Waals surface area contributed by atoms with Gasteiger partial charge in [0, 0.05) is 44.1 Å². The lowest BCUT2D eigenvalue weighted by atomic mass is 9.96. The van der Waals surface area contributed by atoms with E-state index in [-0.39, 0.29) is 0 Å². The predicted molar refractivity (Wildman–Crippen MR) is 114 cm³/mol. The number of likely N-dealkylation sites (tertiary alicyclic amines) is 2. The molecule has 2 aromatic rings. The molecule has 0 spiro atoms. The molecule has 1 aromatic heterocycles. The van der Waals surface area contributed by atoms with Gasteiger partial charge in [0.05, 0.1) is 11.0 Å². The van der Waals surface area contributed by atoms with Crippen LogP contribution < -0.4 is 0 Å². The number of hydrogen-bond acceptors (Lipinski definition) is 3. The number of carbonyl (C=O) groups excluding carboxylic acids is 1. The molecule has 28 heavy (non-hydrogen) atoms. The van der Waals surface area contributed by atoms with Crippen molar-refractivity contribution in [3.05, 3.63) is 30.1 Å². The maximum absolute atomic E-state index is 12.6. The van der Waals surface area contributed by atoms with Gasteiger partial charge in [-0.15, -0.1) is 0 Å². The Morgan fingerprint density at radius 2 is 1.96 bits per heavy atom. The van der Waals surface area contributed by atoms with E-state index in [4.69, 9.17) is 4.98 Å². The van der Waals surface area contributed by atoms with Gasteiger partial charge in [0.15, 0.2) is 0 Å². The number of benzene rings is 1. The molecule has 2 atom stereocenters. The van der Waals surface area contributed by atoms with Crippen molar-refractivity contribution in [3.63, 3.8) is 0 Å². The van der Waals surface area contributed by atoms with Crippen molar-refractivity contribution in [3.8, 4) is 0 Å². The molecule has 0 bridgehead atoms. The number of nitrogens with zero attached hydrogens (tertiary/aromatic N) is 4. The molecule has 0 unspecified atom stereocenters. The van der Waals surface area contributed by atoms with Crippen molar-refractivity contribution in [2.75, 3.05) is 26.2 Å². The van der Waals surface area contributed by atoms with E-state index in [1.807, 2.05) is 0 Å². The number of piperidine rings is 1. The average Bonchev–Trinajstić information content (AvgIpc) is 3.30. The summed E-state index contributed by atoms with van der Waals surface area (Å²) in [5, 5.41) is 0. The van der Waals surface area contributed by atoms with Crippen LogP contribution in [0.25, 0.3) is 11.0 Å². The first-order chi connectivity index (χ1) is 13.5. The summed E-state index contributed by atoms with van der Waals surface area (Å²) in [5.74, 6) is 2.01. The van der Waals surface area contributed by atoms with Crippen molar-refractivity contribution in [1.29, 1.82) is 0 Å². The van der Waals surface area contributed by atoms with Crippen LogP contribution in [0.15, 0.2) is 24.3 Å². The van der Waals surface area contributed by atoms with Crippen molar-refractivity contribution >= 4 is 16.9 Å². The van der Waals surface area contributed by atoms with Gasteiger partial charge in [0.25, 0.3) is 0 Å². The minimum absolute atomic E-state index is 0.335. The van der Waals surface area contributed by atoms with E-state index < -0.39 is 0 Å². The second-order valence-corrected chi connectivity index (χ2v) is 8.89. The fourth-order valence-corrected chi connectivity index (χ4v) is 5.06. The first-order valence-corrected chi connectivity index (χ1v) is 11.0. The lowest BCUT2D eigenvalue weighted by molar-refractivity contribution is -0.132. The number of imidazole rings is 1. The van der Waals surface area contributed by atoms with Gasteiger partial charge < -0.3 is 14.4 Å². The zero-order valence-corrected chi connectivity index (χ0v) is 17.6. The molecule has 0 saturated carbocycles. The van der Waals surface area contributed by atoms with Crippen LogP contribution in [0.3, 0.4) is 0 Å². The highest BCUT2D eigenvalue weighted by atomic mass is 16.2. The number of aromatic nitrogens is 2. The third-order valence-electron chi connectivity index (χ3n) is 6.53. The molecule has 2 aliphatic rings. The van der Waals surface area contributed by atoms with Gasteiger partial charge in [0.2, 0.25) is 5.91 Å².